The van der Waals surface area contributed by atoms with Crippen molar-refractivity contribution in [3.63, 3.8) is 0 Å². The minimum Gasteiger partial charge on any atom is -0.350 e. The van der Waals surface area contributed by atoms with Crippen LogP contribution in [0.3, 0.4) is 0 Å². The molecular formula is C12H20N4O. The van der Waals surface area contributed by atoms with Crippen molar-refractivity contribution in [1.29, 1.82) is 0 Å². The molecule has 0 radical (unpaired) electrons. The maximum atomic E-state index is 12.0. The van der Waals surface area contributed by atoms with E-state index < -0.39 is 0 Å². The molecule has 1 aliphatic heterocycles. The van der Waals surface area contributed by atoms with E-state index in [4.69, 9.17) is 0 Å². The lowest BCUT2D eigenvalue weighted by molar-refractivity contribution is 0.0942. The maximum absolute atomic E-state index is 12.0. The lowest BCUT2D eigenvalue weighted by Crippen LogP contribution is -2.47. The van der Waals surface area contributed by atoms with Crippen molar-refractivity contribution in [3.05, 3.63) is 17.5 Å². The van der Waals surface area contributed by atoms with Crippen LogP contribution in [0.4, 0.5) is 0 Å². The molecule has 1 fully saturated rings. The molecule has 0 bridgehead atoms. The van der Waals surface area contributed by atoms with E-state index in [0.717, 1.165) is 18.7 Å². The summed E-state index contributed by atoms with van der Waals surface area (Å²) in [5, 5.41) is 10.6. The lowest BCUT2D eigenvalue weighted by Gasteiger charge is -2.24. The van der Waals surface area contributed by atoms with Gasteiger partial charge in [-0.05, 0) is 33.2 Å². The molecule has 1 aromatic heterocycles. The zero-order valence-electron chi connectivity index (χ0n) is 10.7. The number of carbonyl (C=O) groups excluding carboxylic acids is 1. The fraction of sp³-hybridized carbons (Fsp3) is 0.667. The molecule has 1 atom stereocenters. The summed E-state index contributed by atoms with van der Waals surface area (Å²) in [6, 6.07) is 0. The second kappa shape index (κ2) is 4.49. The van der Waals surface area contributed by atoms with Crippen molar-refractivity contribution in [2.45, 2.75) is 32.2 Å². The molecular weight excluding hydrogens is 216 g/mol. The third-order valence-electron chi connectivity index (χ3n) is 3.35. The summed E-state index contributed by atoms with van der Waals surface area (Å²) in [5.74, 6) is -0.0366. The van der Waals surface area contributed by atoms with Gasteiger partial charge in [-0.3, -0.25) is 9.48 Å². The van der Waals surface area contributed by atoms with Crippen molar-refractivity contribution in [2.75, 3.05) is 13.1 Å². The van der Waals surface area contributed by atoms with Crippen molar-refractivity contribution in [2.24, 2.45) is 7.05 Å². The van der Waals surface area contributed by atoms with Crippen molar-refractivity contribution < 1.29 is 4.79 Å². The Hall–Kier alpha value is -1.36. The molecule has 2 N–H and O–H groups in total. The highest BCUT2D eigenvalue weighted by atomic mass is 16.1. The first-order valence-corrected chi connectivity index (χ1v) is 6.04. The monoisotopic (exact) mass is 236 g/mol. The molecule has 94 valence electrons. The van der Waals surface area contributed by atoms with Gasteiger partial charge >= 0.3 is 0 Å². The van der Waals surface area contributed by atoms with Gasteiger partial charge in [-0.15, -0.1) is 0 Å². The third-order valence-corrected chi connectivity index (χ3v) is 3.35. The molecule has 5 heteroatoms. The zero-order chi connectivity index (χ0) is 12.5. The Morgan fingerprint density at radius 3 is 3.00 bits per heavy atom. The molecule has 1 aliphatic rings. The SMILES string of the molecule is Cc1nn(C)cc1C(=O)NCC1(C)CCCN1. The number of hydrogen-bond donors (Lipinski definition) is 2. The Morgan fingerprint density at radius 1 is 1.71 bits per heavy atom. The summed E-state index contributed by atoms with van der Waals surface area (Å²) < 4.78 is 1.67. The highest BCUT2D eigenvalue weighted by Gasteiger charge is 2.28. The number of nitrogens with one attached hydrogen (secondary N) is 2. The van der Waals surface area contributed by atoms with Gasteiger partial charge in [0.2, 0.25) is 0 Å². The average molecular weight is 236 g/mol. The Kier molecular flexibility index (Phi) is 3.19. The number of rotatable bonds is 3. The van der Waals surface area contributed by atoms with E-state index in [2.05, 4.69) is 22.7 Å². The summed E-state index contributed by atoms with van der Waals surface area (Å²) in [4.78, 5) is 12.0. The van der Waals surface area contributed by atoms with E-state index in [1.807, 2.05) is 14.0 Å². The summed E-state index contributed by atoms with van der Waals surface area (Å²) in [6.45, 7) is 5.71. The fourth-order valence-corrected chi connectivity index (χ4v) is 2.30. The minimum atomic E-state index is -0.0366. The first-order chi connectivity index (χ1) is 8.00. The van der Waals surface area contributed by atoms with Gasteiger partial charge in [-0.25, -0.2) is 0 Å². The molecule has 1 unspecified atom stereocenters. The maximum Gasteiger partial charge on any atom is 0.254 e. The quantitative estimate of drug-likeness (QED) is 0.808. The van der Waals surface area contributed by atoms with Gasteiger partial charge in [-0.2, -0.15) is 5.10 Å². The molecule has 17 heavy (non-hydrogen) atoms. The van der Waals surface area contributed by atoms with Crippen molar-refractivity contribution >= 4 is 5.91 Å². The zero-order valence-corrected chi connectivity index (χ0v) is 10.7. The summed E-state index contributed by atoms with van der Waals surface area (Å²) in [7, 11) is 1.82. The van der Waals surface area contributed by atoms with Gasteiger partial charge in [0.1, 0.15) is 0 Å². The Labute approximate surface area is 102 Å². The highest BCUT2D eigenvalue weighted by Crippen LogP contribution is 2.17. The Balaban J connectivity index is 1.95. The Morgan fingerprint density at radius 2 is 2.47 bits per heavy atom. The van der Waals surface area contributed by atoms with Gasteiger partial charge in [0, 0.05) is 25.3 Å². The number of aryl methyl sites for hydroxylation is 2. The van der Waals surface area contributed by atoms with E-state index in [-0.39, 0.29) is 11.4 Å². The van der Waals surface area contributed by atoms with Crippen molar-refractivity contribution in [1.82, 2.24) is 20.4 Å². The highest BCUT2D eigenvalue weighted by molar-refractivity contribution is 5.95. The normalized spacial score (nSPS) is 23.9. The first-order valence-electron chi connectivity index (χ1n) is 6.04. The van der Waals surface area contributed by atoms with E-state index in [9.17, 15) is 4.79 Å². The second-order valence-electron chi connectivity index (χ2n) is 5.08. The van der Waals surface area contributed by atoms with Crippen LogP contribution in [-0.2, 0) is 7.05 Å². The molecule has 0 aliphatic carbocycles. The molecule has 2 rings (SSSR count). The minimum absolute atomic E-state index is 0.0366. The van der Waals surface area contributed by atoms with E-state index in [0.29, 0.717) is 12.1 Å². The molecule has 5 nitrogen and oxygen atoms in total. The summed E-state index contributed by atoms with van der Waals surface area (Å²) in [6.07, 6.45) is 4.05. The number of amides is 1. The summed E-state index contributed by atoms with van der Waals surface area (Å²) >= 11 is 0. The third kappa shape index (κ3) is 2.66. The predicted octanol–water partition coefficient (Wildman–Crippen LogP) is 0.600. The van der Waals surface area contributed by atoms with Crippen LogP contribution in [0.2, 0.25) is 0 Å². The first kappa shape index (κ1) is 12.1. The van der Waals surface area contributed by atoms with Gasteiger partial charge in [0.25, 0.3) is 5.91 Å². The van der Waals surface area contributed by atoms with E-state index in [1.165, 1.54) is 6.42 Å². The van der Waals surface area contributed by atoms with Crippen LogP contribution in [0.5, 0.6) is 0 Å². The molecule has 0 saturated carbocycles. The molecule has 1 aromatic rings. The van der Waals surface area contributed by atoms with Crippen molar-refractivity contribution in [3.8, 4) is 0 Å². The number of aromatic nitrogens is 2. The average Bonchev–Trinajstić information content (AvgIpc) is 2.83. The predicted molar refractivity (Wildman–Crippen MR) is 65.9 cm³/mol. The molecule has 1 saturated heterocycles. The van der Waals surface area contributed by atoms with Crippen LogP contribution in [0, 0.1) is 6.92 Å². The molecule has 0 aromatic carbocycles. The van der Waals surface area contributed by atoms with E-state index in [1.54, 1.807) is 10.9 Å². The second-order valence-corrected chi connectivity index (χ2v) is 5.08. The van der Waals surface area contributed by atoms with Gasteiger partial charge < -0.3 is 10.6 Å². The van der Waals surface area contributed by atoms with Crippen LogP contribution < -0.4 is 10.6 Å². The lowest BCUT2D eigenvalue weighted by atomic mass is 10.0. The number of nitrogens with zero attached hydrogens (tertiary/aromatic N) is 2. The number of hydrogen-bond acceptors (Lipinski definition) is 3. The molecule has 1 amide bonds. The van der Waals surface area contributed by atoms with Gasteiger partial charge in [-0.1, -0.05) is 0 Å². The number of carbonyl (C=O) groups is 1. The standard InChI is InChI=1S/C12H20N4O/c1-9-10(7-16(3)15-9)11(17)13-8-12(2)5-4-6-14-12/h7,14H,4-6,8H2,1-3H3,(H,13,17). The van der Waals surface area contributed by atoms with Crippen LogP contribution in [0.15, 0.2) is 6.20 Å². The fourth-order valence-electron chi connectivity index (χ4n) is 2.30. The van der Waals surface area contributed by atoms with Gasteiger partial charge in [0.05, 0.1) is 11.3 Å². The largest absolute Gasteiger partial charge is 0.350 e. The smallest absolute Gasteiger partial charge is 0.254 e. The van der Waals surface area contributed by atoms with Crippen LogP contribution in [-0.4, -0.2) is 34.3 Å². The molecule has 2 heterocycles. The topological polar surface area (TPSA) is 59.0 Å². The van der Waals surface area contributed by atoms with Gasteiger partial charge in [0.15, 0.2) is 0 Å². The Bertz CT molecular complexity index is 418. The van der Waals surface area contributed by atoms with Crippen LogP contribution in [0.25, 0.3) is 0 Å². The van der Waals surface area contributed by atoms with Crippen LogP contribution >= 0.6 is 0 Å². The molecule has 0 spiro atoms. The van der Waals surface area contributed by atoms with E-state index >= 15 is 0 Å². The summed E-state index contributed by atoms with van der Waals surface area (Å²) in [5.41, 5.74) is 1.48. The van der Waals surface area contributed by atoms with Crippen LogP contribution in [0.1, 0.15) is 35.8 Å².